The van der Waals surface area contributed by atoms with Crippen LogP contribution >= 0.6 is 0 Å². The second-order valence-corrected chi connectivity index (χ2v) is 5.71. The minimum atomic E-state index is -0.134. The third-order valence-corrected chi connectivity index (χ3v) is 4.00. The summed E-state index contributed by atoms with van der Waals surface area (Å²) in [6.45, 7) is 2.93. The van der Waals surface area contributed by atoms with Gasteiger partial charge in [0, 0.05) is 18.0 Å². The molecule has 1 N–H and O–H groups in total. The average molecular weight is 335 g/mol. The Morgan fingerprint density at radius 3 is 2.64 bits per heavy atom. The summed E-state index contributed by atoms with van der Waals surface area (Å²) >= 11 is 0. The first-order valence-electron chi connectivity index (χ1n) is 8.03. The van der Waals surface area contributed by atoms with Gasteiger partial charge in [0.25, 0.3) is 5.56 Å². The van der Waals surface area contributed by atoms with E-state index in [4.69, 9.17) is 9.47 Å². The zero-order valence-electron chi connectivity index (χ0n) is 13.7. The maximum atomic E-state index is 12.6. The first kappa shape index (κ1) is 15.3. The summed E-state index contributed by atoms with van der Waals surface area (Å²) in [7, 11) is 0. The van der Waals surface area contributed by atoms with Gasteiger partial charge >= 0.3 is 0 Å². The van der Waals surface area contributed by atoms with E-state index in [2.05, 4.69) is 10.1 Å². The molecule has 6 nitrogen and oxygen atoms in total. The van der Waals surface area contributed by atoms with Crippen LogP contribution < -0.4 is 15.0 Å². The second-order valence-electron chi connectivity index (χ2n) is 5.71. The first-order valence-corrected chi connectivity index (χ1v) is 8.03. The van der Waals surface area contributed by atoms with Crippen molar-refractivity contribution in [2.45, 2.75) is 6.92 Å². The van der Waals surface area contributed by atoms with Crippen LogP contribution in [0.5, 0.6) is 11.5 Å². The number of nitrogens with one attached hydrogen (secondary N) is 1. The van der Waals surface area contributed by atoms with Crippen molar-refractivity contribution in [2.75, 3.05) is 13.2 Å². The molecule has 0 saturated carbocycles. The van der Waals surface area contributed by atoms with E-state index in [1.807, 2.05) is 55.5 Å². The summed E-state index contributed by atoms with van der Waals surface area (Å²) in [5.74, 6) is 1.39. The lowest BCUT2D eigenvalue weighted by atomic mass is 10.2. The third kappa shape index (κ3) is 2.94. The van der Waals surface area contributed by atoms with Gasteiger partial charge in [-0.2, -0.15) is 0 Å². The van der Waals surface area contributed by atoms with Gasteiger partial charge < -0.3 is 9.47 Å². The summed E-state index contributed by atoms with van der Waals surface area (Å²) in [4.78, 5) is 17.1. The lowest BCUT2D eigenvalue weighted by Crippen LogP contribution is -2.17. The minimum Gasteiger partial charge on any atom is -0.486 e. The number of aryl methyl sites for hydroxylation is 1. The summed E-state index contributed by atoms with van der Waals surface area (Å²) in [5.41, 5.74) is 2.64. The number of nitrogens with zero attached hydrogens (tertiary/aromatic N) is 2. The van der Waals surface area contributed by atoms with Crippen LogP contribution in [0.25, 0.3) is 5.69 Å². The number of benzene rings is 2. The Bertz CT molecular complexity index is 987. The van der Waals surface area contributed by atoms with E-state index >= 15 is 0 Å². The molecule has 0 unspecified atom stereocenters. The predicted molar refractivity (Wildman–Crippen MR) is 95.8 cm³/mol. The Hall–Kier alpha value is -3.28. The first-order chi connectivity index (χ1) is 12.2. The van der Waals surface area contributed by atoms with Gasteiger partial charge in [0.2, 0.25) is 0 Å². The predicted octanol–water partition coefficient (Wildman–Crippen LogP) is 3.00. The number of fused-ring (bicyclic) bond motifs is 1. The van der Waals surface area contributed by atoms with Gasteiger partial charge in [0.15, 0.2) is 11.5 Å². The monoisotopic (exact) mass is 335 g/mol. The normalized spacial score (nSPS) is 13.3. The van der Waals surface area contributed by atoms with Crippen molar-refractivity contribution in [3.8, 4) is 17.2 Å². The van der Waals surface area contributed by atoms with Crippen molar-refractivity contribution >= 4 is 11.9 Å². The molecule has 126 valence electrons. The van der Waals surface area contributed by atoms with Gasteiger partial charge in [-0.05, 0) is 31.2 Å². The SMILES string of the molecule is Cc1[nH]n(-c2ccccc2)c(=O)c1C=Nc1ccc2c(c1)OCCO2. The fourth-order valence-corrected chi connectivity index (χ4v) is 2.72. The highest BCUT2D eigenvalue weighted by Crippen LogP contribution is 2.33. The van der Waals surface area contributed by atoms with E-state index in [0.717, 1.165) is 17.1 Å². The van der Waals surface area contributed by atoms with Crippen molar-refractivity contribution in [3.63, 3.8) is 0 Å². The molecule has 0 amide bonds. The molecule has 1 aliphatic rings. The zero-order chi connectivity index (χ0) is 17.2. The van der Waals surface area contributed by atoms with E-state index in [1.165, 1.54) is 4.68 Å². The molecule has 6 heteroatoms. The quantitative estimate of drug-likeness (QED) is 0.748. The van der Waals surface area contributed by atoms with Crippen LogP contribution in [0, 0.1) is 6.92 Å². The number of hydrogen-bond acceptors (Lipinski definition) is 4. The third-order valence-electron chi connectivity index (χ3n) is 4.00. The van der Waals surface area contributed by atoms with Gasteiger partial charge in [-0.15, -0.1) is 0 Å². The molecule has 0 radical (unpaired) electrons. The van der Waals surface area contributed by atoms with Crippen LogP contribution in [0.2, 0.25) is 0 Å². The van der Waals surface area contributed by atoms with Gasteiger partial charge in [0.1, 0.15) is 13.2 Å². The molecular formula is C19H17N3O3. The van der Waals surface area contributed by atoms with Crippen LogP contribution in [0.1, 0.15) is 11.3 Å². The van der Waals surface area contributed by atoms with Crippen molar-refractivity contribution in [3.05, 3.63) is 70.1 Å². The number of ether oxygens (including phenoxy) is 2. The van der Waals surface area contributed by atoms with Crippen molar-refractivity contribution in [1.29, 1.82) is 0 Å². The Balaban J connectivity index is 1.66. The molecule has 2 heterocycles. The Morgan fingerprint density at radius 1 is 1.08 bits per heavy atom. The van der Waals surface area contributed by atoms with E-state index in [1.54, 1.807) is 6.21 Å². The van der Waals surface area contributed by atoms with Crippen molar-refractivity contribution < 1.29 is 9.47 Å². The van der Waals surface area contributed by atoms with E-state index in [-0.39, 0.29) is 5.56 Å². The molecule has 1 aromatic heterocycles. The number of H-pyrrole nitrogens is 1. The van der Waals surface area contributed by atoms with Crippen LogP contribution in [0.15, 0.2) is 58.3 Å². The maximum absolute atomic E-state index is 12.6. The zero-order valence-corrected chi connectivity index (χ0v) is 13.7. The van der Waals surface area contributed by atoms with Crippen LogP contribution in [0.4, 0.5) is 5.69 Å². The van der Waals surface area contributed by atoms with Crippen LogP contribution in [0.3, 0.4) is 0 Å². The van der Waals surface area contributed by atoms with Crippen LogP contribution in [-0.4, -0.2) is 29.2 Å². The molecule has 0 spiro atoms. The van der Waals surface area contributed by atoms with Gasteiger partial charge in [-0.3, -0.25) is 14.9 Å². The number of para-hydroxylation sites is 1. The average Bonchev–Trinajstić information content (AvgIpc) is 2.94. The lowest BCUT2D eigenvalue weighted by Gasteiger charge is -2.18. The molecule has 3 aromatic rings. The number of rotatable bonds is 3. The van der Waals surface area contributed by atoms with Gasteiger partial charge in [0.05, 0.1) is 16.9 Å². The summed E-state index contributed by atoms with van der Waals surface area (Å²) in [6.07, 6.45) is 1.58. The van der Waals surface area contributed by atoms with Crippen molar-refractivity contribution in [1.82, 2.24) is 9.78 Å². The summed E-state index contributed by atoms with van der Waals surface area (Å²) in [5, 5.41) is 3.08. The molecule has 4 rings (SSSR count). The standard InChI is InChI=1S/C19H17N3O3/c1-13-16(19(23)22(21-13)15-5-3-2-4-6-15)12-20-14-7-8-17-18(11-14)25-10-9-24-17/h2-8,11-12,21H,9-10H2,1H3. The number of aromatic amines is 1. The summed E-state index contributed by atoms with van der Waals surface area (Å²) in [6, 6.07) is 14.9. The molecule has 25 heavy (non-hydrogen) atoms. The second kappa shape index (κ2) is 6.32. The number of aromatic nitrogens is 2. The fraction of sp³-hybridized carbons (Fsp3) is 0.158. The Labute approximate surface area is 144 Å². The minimum absolute atomic E-state index is 0.134. The molecule has 0 atom stereocenters. The molecule has 0 aliphatic carbocycles. The van der Waals surface area contributed by atoms with Gasteiger partial charge in [-0.25, -0.2) is 4.68 Å². The highest BCUT2D eigenvalue weighted by Gasteiger charge is 2.12. The van der Waals surface area contributed by atoms with E-state index < -0.39 is 0 Å². The van der Waals surface area contributed by atoms with E-state index in [0.29, 0.717) is 30.2 Å². The van der Waals surface area contributed by atoms with E-state index in [9.17, 15) is 4.79 Å². The highest BCUT2D eigenvalue weighted by atomic mass is 16.6. The largest absolute Gasteiger partial charge is 0.486 e. The topological polar surface area (TPSA) is 68.6 Å². The Morgan fingerprint density at radius 2 is 1.84 bits per heavy atom. The molecular weight excluding hydrogens is 318 g/mol. The number of aliphatic imine (C=N–C) groups is 1. The summed E-state index contributed by atoms with van der Waals surface area (Å²) < 4.78 is 12.6. The fourth-order valence-electron chi connectivity index (χ4n) is 2.72. The molecule has 0 bridgehead atoms. The molecule has 0 saturated heterocycles. The molecule has 1 aliphatic heterocycles. The van der Waals surface area contributed by atoms with Gasteiger partial charge in [-0.1, -0.05) is 18.2 Å². The lowest BCUT2D eigenvalue weighted by molar-refractivity contribution is 0.171. The maximum Gasteiger partial charge on any atom is 0.280 e. The Kier molecular flexibility index (Phi) is 3.85. The molecule has 2 aromatic carbocycles. The smallest absolute Gasteiger partial charge is 0.280 e. The van der Waals surface area contributed by atoms with Crippen molar-refractivity contribution in [2.24, 2.45) is 4.99 Å². The number of hydrogen-bond donors (Lipinski definition) is 1. The highest BCUT2D eigenvalue weighted by molar-refractivity contribution is 5.83. The van der Waals surface area contributed by atoms with Crippen LogP contribution in [-0.2, 0) is 0 Å². The molecule has 0 fully saturated rings.